The van der Waals surface area contributed by atoms with E-state index in [0.29, 0.717) is 0 Å². The molecule has 1 amide bonds. The molecule has 0 saturated carbocycles. The molecule has 0 aromatic heterocycles. The number of carbonyl (C=O) groups excluding carboxylic acids is 3. The smallest absolute Gasteiger partial charge is 0.308 e. The Labute approximate surface area is 97.2 Å². The molecule has 1 rings (SSSR count). The van der Waals surface area contributed by atoms with Crippen molar-refractivity contribution in [3.8, 4) is 5.75 Å². The molecule has 6 heteroatoms. The summed E-state index contributed by atoms with van der Waals surface area (Å²) < 4.78 is 4.69. The molecule has 6 nitrogen and oxygen atoms in total. The number of amides is 1. The molecule has 0 aliphatic rings. The molecular weight excluding hydrogens is 226 g/mol. The van der Waals surface area contributed by atoms with Gasteiger partial charge in [0.2, 0.25) is 5.91 Å². The van der Waals surface area contributed by atoms with E-state index in [9.17, 15) is 19.5 Å². The van der Waals surface area contributed by atoms with E-state index in [1.54, 1.807) is 0 Å². The van der Waals surface area contributed by atoms with Gasteiger partial charge < -0.3 is 20.0 Å². The van der Waals surface area contributed by atoms with Crippen LogP contribution < -0.4 is 15.2 Å². The van der Waals surface area contributed by atoms with E-state index in [0.717, 1.165) is 13.0 Å². The van der Waals surface area contributed by atoms with E-state index < -0.39 is 11.9 Å². The largest absolute Gasteiger partial charge is 0.545 e. The number of carbonyl (C=O) groups is 3. The van der Waals surface area contributed by atoms with Gasteiger partial charge in [0.1, 0.15) is 5.75 Å². The fourth-order valence-corrected chi connectivity index (χ4v) is 1.21. The average Bonchev–Trinajstić information content (AvgIpc) is 2.18. The Morgan fingerprint density at radius 3 is 2.35 bits per heavy atom. The molecule has 0 fully saturated rings. The molecule has 90 valence electrons. The number of rotatable bonds is 3. The van der Waals surface area contributed by atoms with Crippen molar-refractivity contribution in [1.29, 1.82) is 0 Å². The summed E-state index contributed by atoms with van der Waals surface area (Å²) in [6.45, 7) is 2.44. The first kappa shape index (κ1) is 12.7. The van der Waals surface area contributed by atoms with E-state index in [2.05, 4.69) is 5.32 Å². The number of ether oxygens (including phenoxy) is 1. The Hall–Kier alpha value is -2.37. The highest BCUT2D eigenvalue weighted by Crippen LogP contribution is 2.22. The standard InChI is InChI=1S/C11H11NO5/c1-6(13)12-8-3-4-10(17-7(2)14)9(5-8)11(15)16/h3-5H,1-2H3,(H,12,13)(H,15,16)/p-1. The molecule has 0 radical (unpaired) electrons. The summed E-state index contributed by atoms with van der Waals surface area (Å²) in [4.78, 5) is 32.4. The molecule has 0 unspecified atom stereocenters. The number of carboxylic acid groups (broad SMARTS) is 1. The first-order valence-electron chi connectivity index (χ1n) is 4.71. The maximum absolute atomic E-state index is 10.8. The van der Waals surface area contributed by atoms with Gasteiger partial charge >= 0.3 is 5.97 Å². The van der Waals surface area contributed by atoms with E-state index in [1.807, 2.05) is 0 Å². The van der Waals surface area contributed by atoms with Crippen molar-refractivity contribution in [3.05, 3.63) is 23.8 Å². The molecule has 0 bridgehead atoms. The van der Waals surface area contributed by atoms with E-state index >= 15 is 0 Å². The minimum Gasteiger partial charge on any atom is -0.545 e. The van der Waals surface area contributed by atoms with E-state index in [4.69, 9.17) is 4.74 Å². The van der Waals surface area contributed by atoms with Gasteiger partial charge in [0.05, 0.1) is 5.97 Å². The minimum absolute atomic E-state index is 0.119. The highest BCUT2D eigenvalue weighted by molar-refractivity contribution is 5.94. The van der Waals surface area contributed by atoms with Crippen molar-refractivity contribution in [2.45, 2.75) is 13.8 Å². The van der Waals surface area contributed by atoms with Crippen molar-refractivity contribution in [2.24, 2.45) is 0 Å². The van der Waals surface area contributed by atoms with Gasteiger partial charge in [-0.15, -0.1) is 0 Å². The number of hydrogen-bond donors (Lipinski definition) is 1. The highest BCUT2D eigenvalue weighted by atomic mass is 16.5. The molecule has 0 heterocycles. The Morgan fingerprint density at radius 1 is 1.24 bits per heavy atom. The first-order chi connectivity index (χ1) is 7.90. The van der Waals surface area contributed by atoms with Gasteiger partial charge in [0.15, 0.2) is 0 Å². The summed E-state index contributed by atoms with van der Waals surface area (Å²) in [7, 11) is 0. The second-order valence-corrected chi connectivity index (χ2v) is 3.27. The fraction of sp³-hybridized carbons (Fsp3) is 0.182. The van der Waals surface area contributed by atoms with Crippen LogP contribution in [0.25, 0.3) is 0 Å². The molecule has 0 aliphatic heterocycles. The summed E-state index contributed by atoms with van der Waals surface area (Å²) in [5.41, 5.74) is -0.0148. The zero-order chi connectivity index (χ0) is 13.0. The van der Waals surface area contributed by atoms with Crippen LogP contribution in [-0.4, -0.2) is 17.8 Å². The molecule has 1 aromatic rings. The van der Waals surface area contributed by atoms with Gasteiger partial charge in [-0.2, -0.15) is 0 Å². The Balaban J connectivity index is 3.12. The van der Waals surface area contributed by atoms with Crippen LogP contribution in [0, 0.1) is 0 Å². The topological polar surface area (TPSA) is 95.5 Å². The van der Waals surface area contributed by atoms with Crippen LogP contribution in [0.4, 0.5) is 5.69 Å². The predicted molar refractivity (Wildman–Crippen MR) is 56.4 cm³/mol. The molecule has 0 spiro atoms. The van der Waals surface area contributed by atoms with E-state index in [-0.39, 0.29) is 22.9 Å². The second-order valence-electron chi connectivity index (χ2n) is 3.27. The second kappa shape index (κ2) is 5.11. The lowest BCUT2D eigenvalue weighted by Gasteiger charge is -2.11. The molecule has 17 heavy (non-hydrogen) atoms. The van der Waals surface area contributed by atoms with Crippen LogP contribution in [0.3, 0.4) is 0 Å². The van der Waals surface area contributed by atoms with Crippen LogP contribution in [0.5, 0.6) is 5.75 Å². The number of carboxylic acids is 1. The van der Waals surface area contributed by atoms with Crippen LogP contribution in [0.15, 0.2) is 18.2 Å². The molecule has 1 aromatic carbocycles. The third kappa shape index (κ3) is 3.60. The summed E-state index contributed by atoms with van der Waals surface area (Å²) in [5, 5.41) is 13.2. The molecule has 1 N–H and O–H groups in total. The molecule has 0 atom stereocenters. The van der Waals surface area contributed by atoms with Gasteiger partial charge in [-0.1, -0.05) is 0 Å². The molecular formula is C11H10NO5-. The highest BCUT2D eigenvalue weighted by Gasteiger charge is 2.09. The summed E-state index contributed by atoms with van der Waals surface area (Å²) in [5.74, 6) is -2.59. The van der Waals surface area contributed by atoms with Gasteiger partial charge in [0, 0.05) is 25.1 Å². The van der Waals surface area contributed by atoms with E-state index in [1.165, 1.54) is 19.1 Å². The number of esters is 1. The van der Waals surface area contributed by atoms with Crippen molar-refractivity contribution < 1.29 is 24.2 Å². The number of aromatic carboxylic acids is 1. The number of anilines is 1. The fourth-order valence-electron chi connectivity index (χ4n) is 1.21. The van der Waals surface area contributed by atoms with Crippen molar-refractivity contribution in [1.82, 2.24) is 0 Å². The lowest BCUT2D eigenvalue weighted by atomic mass is 10.1. The summed E-state index contributed by atoms with van der Waals surface area (Å²) in [6.07, 6.45) is 0. The Bertz CT molecular complexity index is 481. The van der Waals surface area contributed by atoms with Gasteiger partial charge in [-0.25, -0.2) is 0 Å². The lowest BCUT2D eigenvalue weighted by molar-refractivity contribution is -0.255. The zero-order valence-corrected chi connectivity index (χ0v) is 9.27. The maximum Gasteiger partial charge on any atom is 0.308 e. The number of benzene rings is 1. The first-order valence-corrected chi connectivity index (χ1v) is 4.71. The van der Waals surface area contributed by atoms with Crippen molar-refractivity contribution in [2.75, 3.05) is 5.32 Å². The molecule has 0 saturated heterocycles. The third-order valence-corrected chi connectivity index (χ3v) is 1.77. The predicted octanol–water partition coefficient (Wildman–Crippen LogP) is -0.0662. The SMILES string of the molecule is CC(=O)Nc1ccc(OC(C)=O)c(C(=O)[O-])c1. The lowest BCUT2D eigenvalue weighted by Crippen LogP contribution is -2.24. The summed E-state index contributed by atoms with van der Waals surface area (Å²) >= 11 is 0. The third-order valence-electron chi connectivity index (χ3n) is 1.77. The van der Waals surface area contributed by atoms with Crippen LogP contribution >= 0.6 is 0 Å². The number of hydrogen-bond acceptors (Lipinski definition) is 5. The Kier molecular flexibility index (Phi) is 3.82. The molecule has 0 aliphatic carbocycles. The van der Waals surface area contributed by atoms with Gasteiger partial charge in [-0.3, -0.25) is 9.59 Å². The average molecular weight is 236 g/mol. The van der Waals surface area contributed by atoms with Crippen LogP contribution in [0.2, 0.25) is 0 Å². The number of nitrogens with one attached hydrogen (secondary N) is 1. The quantitative estimate of drug-likeness (QED) is 0.585. The maximum atomic E-state index is 10.8. The normalized spacial score (nSPS) is 9.53. The van der Waals surface area contributed by atoms with Crippen molar-refractivity contribution >= 4 is 23.5 Å². The monoisotopic (exact) mass is 236 g/mol. The van der Waals surface area contributed by atoms with Crippen LogP contribution in [-0.2, 0) is 9.59 Å². The van der Waals surface area contributed by atoms with Crippen LogP contribution in [0.1, 0.15) is 24.2 Å². The summed E-state index contributed by atoms with van der Waals surface area (Å²) in [6, 6.07) is 3.86. The zero-order valence-electron chi connectivity index (χ0n) is 9.27. The van der Waals surface area contributed by atoms with Crippen molar-refractivity contribution in [3.63, 3.8) is 0 Å². The van der Waals surface area contributed by atoms with Gasteiger partial charge in [-0.05, 0) is 18.2 Å². The Morgan fingerprint density at radius 2 is 1.88 bits per heavy atom. The minimum atomic E-state index is -1.49. The van der Waals surface area contributed by atoms with Gasteiger partial charge in [0.25, 0.3) is 0 Å².